The minimum Gasteiger partial charge on any atom is -0.341 e. The van der Waals surface area contributed by atoms with Crippen LogP contribution in [0.4, 0.5) is 5.82 Å². The fourth-order valence-electron chi connectivity index (χ4n) is 3.38. The Balaban J connectivity index is 1.77. The van der Waals surface area contributed by atoms with Crippen molar-refractivity contribution in [1.29, 1.82) is 0 Å². The molecule has 25 heavy (non-hydrogen) atoms. The molecule has 0 aliphatic carbocycles. The molecule has 0 fully saturated rings. The number of likely N-dealkylation sites (N-methyl/N-ethyl adjacent to an activating group) is 1. The maximum Gasteiger partial charge on any atom is 0.200 e. The zero-order valence-electron chi connectivity index (χ0n) is 14.6. The van der Waals surface area contributed by atoms with Crippen LogP contribution in [0.25, 0.3) is 22.3 Å². The molecule has 0 bridgehead atoms. The molecule has 128 valence electrons. The van der Waals surface area contributed by atoms with E-state index in [1.54, 1.807) is 11.3 Å². The predicted octanol–water partition coefficient (Wildman–Crippen LogP) is 4.24. The maximum absolute atomic E-state index is 4.79. The molecule has 1 aliphatic rings. The van der Waals surface area contributed by atoms with E-state index in [9.17, 15) is 0 Å². The van der Waals surface area contributed by atoms with E-state index in [0.29, 0.717) is 6.04 Å². The van der Waals surface area contributed by atoms with Gasteiger partial charge in [0.25, 0.3) is 0 Å². The Morgan fingerprint density at radius 3 is 2.76 bits per heavy atom. The first-order chi connectivity index (χ1) is 12.2. The summed E-state index contributed by atoms with van der Waals surface area (Å²) in [4.78, 5) is 16.5. The molecule has 2 atom stereocenters. The van der Waals surface area contributed by atoms with Crippen LogP contribution in [0, 0.1) is 0 Å². The third kappa shape index (κ3) is 2.87. The standard InChI is InChI=1S/C19H21N5S/c1-4-16-12(2)20-19(24(16)3)23-18-14-7-5-6-8-15(14)21-17(22-18)13-9-10-25-11-13/h5-12,16H,4H2,1-3H3,(H,20,21,22,23)/t12?,16-/m1/s1. The first-order valence-electron chi connectivity index (χ1n) is 8.54. The molecule has 2 aromatic heterocycles. The highest BCUT2D eigenvalue weighted by Gasteiger charge is 2.29. The van der Waals surface area contributed by atoms with E-state index in [-0.39, 0.29) is 6.04 Å². The van der Waals surface area contributed by atoms with Gasteiger partial charge in [0.05, 0.1) is 17.6 Å². The predicted molar refractivity (Wildman–Crippen MR) is 105 cm³/mol. The molecule has 0 saturated heterocycles. The second-order valence-corrected chi connectivity index (χ2v) is 7.11. The monoisotopic (exact) mass is 351 g/mol. The average Bonchev–Trinajstić information content (AvgIpc) is 3.24. The van der Waals surface area contributed by atoms with E-state index in [2.05, 4.69) is 36.5 Å². The molecule has 0 amide bonds. The molecule has 1 N–H and O–H groups in total. The summed E-state index contributed by atoms with van der Waals surface area (Å²) in [5.74, 6) is 2.42. The van der Waals surface area contributed by atoms with Gasteiger partial charge in [-0.05, 0) is 36.9 Å². The Morgan fingerprint density at radius 2 is 2.04 bits per heavy atom. The first kappa shape index (κ1) is 16.0. The smallest absolute Gasteiger partial charge is 0.200 e. The summed E-state index contributed by atoms with van der Waals surface area (Å²) >= 11 is 1.65. The molecule has 1 aliphatic heterocycles. The molecule has 4 rings (SSSR count). The molecule has 3 heterocycles. The largest absolute Gasteiger partial charge is 0.341 e. The lowest BCUT2D eigenvalue weighted by molar-refractivity contribution is 0.350. The lowest BCUT2D eigenvalue weighted by atomic mass is 10.1. The van der Waals surface area contributed by atoms with Gasteiger partial charge < -0.3 is 10.2 Å². The zero-order valence-corrected chi connectivity index (χ0v) is 15.4. The van der Waals surface area contributed by atoms with Crippen molar-refractivity contribution in [3.8, 4) is 11.4 Å². The van der Waals surface area contributed by atoms with E-state index in [4.69, 9.17) is 15.0 Å². The van der Waals surface area contributed by atoms with Crippen LogP contribution in [-0.4, -0.2) is 40.0 Å². The second-order valence-electron chi connectivity index (χ2n) is 6.33. The third-order valence-electron chi connectivity index (χ3n) is 4.75. The molecular weight excluding hydrogens is 330 g/mol. The number of benzene rings is 1. The van der Waals surface area contributed by atoms with Crippen molar-refractivity contribution >= 4 is 34.0 Å². The van der Waals surface area contributed by atoms with E-state index in [1.807, 2.05) is 35.7 Å². The van der Waals surface area contributed by atoms with Crippen LogP contribution in [0.1, 0.15) is 20.3 Å². The van der Waals surface area contributed by atoms with E-state index < -0.39 is 0 Å². The topological polar surface area (TPSA) is 53.4 Å². The number of aromatic nitrogens is 2. The number of hydrogen-bond acceptors (Lipinski definition) is 6. The lowest BCUT2D eigenvalue weighted by Crippen LogP contribution is -2.38. The summed E-state index contributed by atoms with van der Waals surface area (Å²) in [6.07, 6.45) is 1.07. The highest BCUT2D eigenvalue weighted by molar-refractivity contribution is 7.08. The Morgan fingerprint density at radius 1 is 1.20 bits per heavy atom. The van der Waals surface area contributed by atoms with Crippen molar-refractivity contribution in [3.63, 3.8) is 0 Å². The van der Waals surface area contributed by atoms with Crippen molar-refractivity contribution in [2.45, 2.75) is 32.4 Å². The van der Waals surface area contributed by atoms with Crippen LogP contribution >= 0.6 is 11.3 Å². The second kappa shape index (κ2) is 6.44. The summed E-state index contributed by atoms with van der Waals surface area (Å²) in [5, 5.41) is 8.58. The average molecular weight is 351 g/mol. The Bertz CT molecular complexity index is 919. The van der Waals surface area contributed by atoms with E-state index in [0.717, 1.165) is 40.5 Å². The van der Waals surface area contributed by atoms with Gasteiger partial charge in [0.15, 0.2) is 11.8 Å². The molecular formula is C19H21N5S. The van der Waals surface area contributed by atoms with Crippen LogP contribution in [0.5, 0.6) is 0 Å². The van der Waals surface area contributed by atoms with Crippen LogP contribution < -0.4 is 5.32 Å². The minimum atomic E-state index is 0.280. The highest BCUT2D eigenvalue weighted by atomic mass is 32.1. The number of guanidine groups is 1. The normalized spacial score (nSPS) is 20.1. The van der Waals surface area contributed by atoms with Gasteiger partial charge in [-0.25, -0.2) is 15.0 Å². The molecule has 1 aromatic carbocycles. The lowest BCUT2D eigenvalue weighted by Gasteiger charge is -2.24. The first-order valence-corrected chi connectivity index (χ1v) is 9.48. The molecule has 1 unspecified atom stereocenters. The summed E-state index contributed by atoms with van der Waals surface area (Å²) in [6.45, 7) is 4.36. The number of aliphatic imine (C=N–C) groups is 1. The molecule has 0 saturated carbocycles. The number of fused-ring (bicyclic) bond motifs is 1. The van der Waals surface area contributed by atoms with Crippen molar-refractivity contribution < 1.29 is 0 Å². The summed E-state index contributed by atoms with van der Waals surface area (Å²) in [5.41, 5.74) is 1.97. The zero-order chi connectivity index (χ0) is 17.4. The minimum absolute atomic E-state index is 0.280. The quantitative estimate of drug-likeness (QED) is 0.767. The van der Waals surface area contributed by atoms with Crippen LogP contribution in [0.15, 0.2) is 46.1 Å². The molecule has 0 spiro atoms. The third-order valence-corrected chi connectivity index (χ3v) is 5.43. The van der Waals surface area contributed by atoms with Gasteiger partial charge in [-0.2, -0.15) is 11.3 Å². The van der Waals surface area contributed by atoms with Gasteiger partial charge in [-0.3, -0.25) is 0 Å². The Labute approximate surface area is 151 Å². The van der Waals surface area contributed by atoms with Crippen LogP contribution in [0.2, 0.25) is 0 Å². The van der Waals surface area contributed by atoms with Gasteiger partial charge >= 0.3 is 0 Å². The SMILES string of the molecule is CC[C@@H]1C(C)N=C(Nc2nc(-c3ccsc3)nc3ccccc23)N1C. The molecule has 3 aromatic rings. The van der Waals surface area contributed by atoms with Crippen LogP contribution in [0.3, 0.4) is 0 Å². The molecule has 6 heteroatoms. The Kier molecular flexibility index (Phi) is 4.13. The number of anilines is 1. The number of nitrogens with one attached hydrogen (secondary N) is 1. The number of para-hydroxylation sites is 1. The van der Waals surface area contributed by atoms with E-state index >= 15 is 0 Å². The Hall–Kier alpha value is -2.47. The van der Waals surface area contributed by atoms with Gasteiger partial charge in [0.1, 0.15) is 5.82 Å². The fourth-order valence-corrected chi connectivity index (χ4v) is 4.02. The summed E-state index contributed by atoms with van der Waals surface area (Å²) < 4.78 is 0. The van der Waals surface area contributed by atoms with Crippen LogP contribution in [-0.2, 0) is 0 Å². The van der Waals surface area contributed by atoms with Gasteiger partial charge in [-0.15, -0.1) is 0 Å². The molecule has 5 nitrogen and oxygen atoms in total. The maximum atomic E-state index is 4.79. The number of thiophene rings is 1. The highest BCUT2D eigenvalue weighted by Crippen LogP contribution is 2.27. The number of hydrogen-bond donors (Lipinski definition) is 1. The van der Waals surface area contributed by atoms with Gasteiger partial charge in [0, 0.05) is 23.4 Å². The number of rotatable bonds is 3. The fraction of sp³-hybridized carbons (Fsp3) is 0.316. The van der Waals surface area contributed by atoms with Crippen molar-refractivity contribution in [2.75, 3.05) is 12.4 Å². The van der Waals surface area contributed by atoms with Gasteiger partial charge in [-0.1, -0.05) is 19.1 Å². The molecule has 0 radical (unpaired) electrons. The van der Waals surface area contributed by atoms with Crippen molar-refractivity contribution in [3.05, 3.63) is 41.1 Å². The van der Waals surface area contributed by atoms with Crippen molar-refractivity contribution in [1.82, 2.24) is 14.9 Å². The van der Waals surface area contributed by atoms with E-state index in [1.165, 1.54) is 0 Å². The summed E-state index contributed by atoms with van der Waals surface area (Å²) in [6, 6.07) is 10.8. The van der Waals surface area contributed by atoms with Gasteiger partial charge in [0.2, 0.25) is 0 Å². The summed E-state index contributed by atoms with van der Waals surface area (Å²) in [7, 11) is 2.09. The van der Waals surface area contributed by atoms with Crippen molar-refractivity contribution in [2.24, 2.45) is 4.99 Å². The number of nitrogens with zero attached hydrogens (tertiary/aromatic N) is 4.